The Balaban J connectivity index is 0. The van der Waals surface area contributed by atoms with Gasteiger partial charge in [0.15, 0.2) is 8.32 Å². The van der Waals surface area contributed by atoms with Crippen molar-refractivity contribution in [3.8, 4) is 0 Å². The molecule has 0 amide bonds. The molecule has 0 unspecified atom stereocenters. The van der Waals surface area contributed by atoms with Crippen LogP contribution in [0, 0.1) is 0 Å². The van der Waals surface area contributed by atoms with Gasteiger partial charge in [-0.2, -0.15) is 0 Å². The average molecular weight is 343 g/mol. The number of rotatable bonds is 5. The van der Waals surface area contributed by atoms with E-state index in [0.717, 1.165) is 4.90 Å². The number of carboxylic acids is 1. The Kier molecular flexibility index (Phi) is 9.99. The van der Waals surface area contributed by atoms with Gasteiger partial charge in [0.25, 0.3) is 0 Å². The molecule has 0 aliphatic rings. The summed E-state index contributed by atoms with van der Waals surface area (Å²) in [5.41, 5.74) is 5.07. The van der Waals surface area contributed by atoms with Gasteiger partial charge in [0, 0.05) is 7.05 Å². The highest BCUT2D eigenvalue weighted by Gasteiger charge is 2.14. The van der Waals surface area contributed by atoms with Crippen molar-refractivity contribution in [2.75, 3.05) is 13.6 Å². The molecule has 20 heavy (non-hydrogen) atoms. The van der Waals surface area contributed by atoms with E-state index in [1.165, 1.54) is 7.05 Å². The van der Waals surface area contributed by atoms with Crippen molar-refractivity contribution in [1.29, 1.82) is 0 Å². The molecule has 5 N–H and O–H groups in total. The molecule has 0 aromatic rings. The van der Waals surface area contributed by atoms with Gasteiger partial charge >= 0.3 is 13.7 Å². The van der Waals surface area contributed by atoms with E-state index < -0.39 is 34.5 Å². The lowest BCUT2D eigenvalue weighted by atomic mass is 10.6. The zero-order chi connectivity index (χ0) is 16.6. The average Bonchev–Trinajstić information content (AvgIpc) is 2.12. The first-order valence-corrected chi connectivity index (χ1v) is 11.9. The Morgan fingerprint density at radius 1 is 1.45 bits per heavy atom. The highest BCUT2D eigenvalue weighted by molar-refractivity contribution is 7.50. The first-order chi connectivity index (χ1) is 8.78. The summed E-state index contributed by atoms with van der Waals surface area (Å²) >= 11 is 0. The summed E-state index contributed by atoms with van der Waals surface area (Å²) in [5.74, 6) is -1.69. The van der Waals surface area contributed by atoms with Crippen LogP contribution in [-0.2, 0) is 13.5 Å². The number of guanidine groups is 1. The summed E-state index contributed by atoms with van der Waals surface area (Å²) in [5, 5.41) is 8.28. The predicted octanol–water partition coefficient (Wildman–Crippen LogP) is -0.0846. The molecule has 0 fully saturated rings. The molecular weight excluding hydrogens is 321 g/mol. The molecule has 9 nitrogen and oxygen atoms in total. The number of hydrogen-bond acceptors (Lipinski definition) is 3. The number of nitrogens with two attached hydrogens (primary N) is 1. The number of hydrogen-bond donors (Lipinski definition) is 4. The van der Waals surface area contributed by atoms with Gasteiger partial charge in [0.1, 0.15) is 6.54 Å². The quantitative estimate of drug-likeness (QED) is 0.234. The van der Waals surface area contributed by atoms with Crippen LogP contribution in [0.15, 0.2) is 4.76 Å². The van der Waals surface area contributed by atoms with Crippen molar-refractivity contribution in [2.45, 2.75) is 26.2 Å². The lowest BCUT2D eigenvalue weighted by Crippen LogP contribution is -2.37. The van der Waals surface area contributed by atoms with Gasteiger partial charge in [0.05, 0.1) is 0 Å². The molecule has 0 atom stereocenters. The first-order valence-electron chi connectivity index (χ1n) is 5.47. The van der Waals surface area contributed by atoms with E-state index in [1.54, 1.807) is 0 Å². The minimum atomic E-state index is -4.59. The molecular formula is C8H22N3O6PSi2. The van der Waals surface area contributed by atoms with Crippen molar-refractivity contribution in [2.24, 2.45) is 10.5 Å². The Hall–Kier alpha value is -0.716. The third-order valence-electron chi connectivity index (χ3n) is 1.40. The Morgan fingerprint density at radius 2 is 1.90 bits per heavy atom. The second-order valence-corrected chi connectivity index (χ2v) is 11.3. The smallest absolute Gasteiger partial charge is 0.451 e. The van der Waals surface area contributed by atoms with Crippen molar-refractivity contribution >= 4 is 37.8 Å². The standard InChI is InChI=1S/C4H10N3O5P.C4H12OSi2/c1-7(2-3(8)9)4(5)6-13(10,11)12;1-6-5-7(2,3)4/h2H2,1H3,(H,8,9)(H4,5,6,10,11,12);1-4H3. The van der Waals surface area contributed by atoms with E-state index in [2.05, 4.69) is 31.0 Å². The van der Waals surface area contributed by atoms with Crippen LogP contribution < -0.4 is 5.73 Å². The Labute approximate surface area is 122 Å². The van der Waals surface area contributed by atoms with Gasteiger partial charge in [-0.3, -0.25) is 4.79 Å². The van der Waals surface area contributed by atoms with Crippen molar-refractivity contribution in [3.05, 3.63) is 0 Å². The van der Waals surface area contributed by atoms with Gasteiger partial charge in [-0.25, -0.2) is 4.57 Å². The van der Waals surface area contributed by atoms with Gasteiger partial charge in [-0.05, 0) is 26.2 Å². The molecule has 0 bridgehead atoms. The van der Waals surface area contributed by atoms with Gasteiger partial charge in [0.2, 0.25) is 15.7 Å². The molecule has 2 radical (unpaired) electrons. The monoisotopic (exact) mass is 343 g/mol. The van der Waals surface area contributed by atoms with E-state index in [9.17, 15) is 9.36 Å². The van der Waals surface area contributed by atoms with Crippen LogP contribution in [0.5, 0.6) is 0 Å². The molecule has 0 aliphatic carbocycles. The Morgan fingerprint density at radius 3 is 2.10 bits per heavy atom. The van der Waals surface area contributed by atoms with Crippen LogP contribution in [0.1, 0.15) is 0 Å². The predicted molar refractivity (Wildman–Crippen MR) is 80.0 cm³/mol. The largest absolute Gasteiger partial charge is 0.480 e. The summed E-state index contributed by atoms with van der Waals surface area (Å²) in [6.45, 7) is 8.18. The highest BCUT2D eigenvalue weighted by Crippen LogP contribution is 2.35. The van der Waals surface area contributed by atoms with E-state index in [4.69, 9.17) is 24.7 Å². The van der Waals surface area contributed by atoms with E-state index in [0.29, 0.717) is 9.76 Å². The molecule has 0 saturated heterocycles. The maximum absolute atomic E-state index is 10.3. The fourth-order valence-electron chi connectivity index (χ4n) is 0.800. The fraction of sp³-hybridized carbons (Fsp3) is 0.750. The van der Waals surface area contributed by atoms with Crippen LogP contribution in [-0.4, -0.2) is 63.4 Å². The number of carboxylic acid groups (broad SMARTS) is 1. The summed E-state index contributed by atoms with van der Waals surface area (Å²) in [6.07, 6.45) is 0. The molecule has 0 saturated carbocycles. The number of likely N-dealkylation sites (N-methyl/N-ethyl adjacent to an activating group) is 1. The molecule has 0 spiro atoms. The normalized spacial score (nSPS) is 12.4. The minimum Gasteiger partial charge on any atom is -0.480 e. The fourth-order valence-corrected chi connectivity index (χ4v) is 3.67. The maximum Gasteiger partial charge on any atom is 0.451 e. The number of carbonyl (C=O) groups is 1. The second kappa shape index (κ2) is 9.26. The number of nitrogens with zero attached hydrogens (tertiary/aromatic N) is 2. The van der Waals surface area contributed by atoms with Crippen LogP contribution >= 0.6 is 7.75 Å². The lowest BCUT2D eigenvalue weighted by Gasteiger charge is -2.14. The summed E-state index contributed by atoms with van der Waals surface area (Å²) < 4.78 is 18.5. The van der Waals surface area contributed by atoms with Crippen LogP contribution in [0.4, 0.5) is 0 Å². The minimum absolute atomic E-state index is 0.477. The number of aliphatic carboxylic acids is 1. The molecule has 0 rings (SSSR count). The summed E-state index contributed by atoms with van der Waals surface area (Å²) in [4.78, 5) is 27.7. The first kappa shape index (κ1) is 21.6. The van der Waals surface area contributed by atoms with Crippen LogP contribution in [0.3, 0.4) is 0 Å². The SMILES string of the molecule is CN(CC(=O)O)/C(N)=N\P(=O)(O)O.C[Si]O[Si](C)(C)C. The molecule has 118 valence electrons. The van der Waals surface area contributed by atoms with Crippen molar-refractivity contribution in [3.63, 3.8) is 0 Å². The summed E-state index contributed by atoms with van der Waals surface area (Å²) in [7, 11) is -3.81. The molecule has 0 aromatic heterocycles. The molecule has 0 heterocycles. The van der Waals surface area contributed by atoms with Gasteiger partial charge in [-0.1, -0.05) is 0 Å². The van der Waals surface area contributed by atoms with Gasteiger partial charge < -0.3 is 29.6 Å². The lowest BCUT2D eigenvalue weighted by molar-refractivity contribution is -0.137. The van der Waals surface area contributed by atoms with Crippen molar-refractivity contribution < 1.29 is 28.4 Å². The van der Waals surface area contributed by atoms with E-state index >= 15 is 0 Å². The van der Waals surface area contributed by atoms with Crippen LogP contribution in [0.25, 0.3) is 0 Å². The van der Waals surface area contributed by atoms with Gasteiger partial charge in [-0.15, -0.1) is 4.76 Å². The zero-order valence-electron chi connectivity index (χ0n) is 12.2. The topological polar surface area (TPSA) is 146 Å². The van der Waals surface area contributed by atoms with Crippen molar-refractivity contribution in [1.82, 2.24) is 4.90 Å². The summed E-state index contributed by atoms with van der Waals surface area (Å²) in [6, 6.07) is 0. The molecule has 12 heteroatoms. The third-order valence-corrected chi connectivity index (χ3v) is 5.14. The van der Waals surface area contributed by atoms with Crippen LogP contribution in [0.2, 0.25) is 26.2 Å². The molecule has 0 aliphatic heterocycles. The molecule has 0 aromatic carbocycles. The van der Waals surface area contributed by atoms with E-state index in [1.807, 2.05) is 0 Å². The maximum atomic E-state index is 10.3. The second-order valence-electron chi connectivity index (χ2n) is 4.64. The zero-order valence-corrected chi connectivity index (χ0v) is 15.1. The van der Waals surface area contributed by atoms with E-state index in [-0.39, 0.29) is 0 Å². The Bertz CT molecular complexity index is 381. The highest BCUT2D eigenvalue weighted by atomic mass is 31.2. The third kappa shape index (κ3) is 17.3.